The Morgan fingerprint density at radius 2 is 1.94 bits per heavy atom. The largest absolute Gasteiger partial charge is 0.481 e. The molecule has 1 aliphatic heterocycles. The van der Waals surface area contributed by atoms with E-state index in [4.69, 9.17) is 9.84 Å². The summed E-state index contributed by atoms with van der Waals surface area (Å²) in [6.07, 6.45) is 1.78. The number of aliphatic hydroxyl groups is 1. The zero-order valence-corrected chi connectivity index (χ0v) is 10.2. The van der Waals surface area contributed by atoms with Crippen LogP contribution in [0.2, 0.25) is 0 Å². The van der Waals surface area contributed by atoms with Gasteiger partial charge in [0.25, 0.3) is 0 Å². The monoisotopic (exact) mass is 230 g/mol. The second-order valence-electron chi connectivity index (χ2n) is 4.75. The Hall–Kier alpha value is -0.610. The molecule has 4 nitrogen and oxygen atoms in total. The number of aliphatic carboxylic acids is 1. The standard InChI is InChI=1S/C12H22O4/c1-4-9(13)7(2)10-5-6-11(16-10)8(3)12(14)15/h7-11,13H,4-6H2,1-3H3,(H,14,15)/t7-,8-,9-,10+,11-/m1/s1. The molecule has 4 heteroatoms. The number of hydrogen-bond donors (Lipinski definition) is 2. The lowest BCUT2D eigenvalue weighted by molar-refractivity contribution is -0.147. The average Bonchev–Trinajstić information content (AvgIpc) is 2.74. The summed E-state index contributed by atoms with van der Waals surface area (Å²) in [5.41, 5.74) is 0. The predicted molar refractivity (Wildman–Crippen MR) is 60.2 cm³/mol. The van der Waals surface area contributed by atoms with Gasteiger partial charge in [-0.25, -0.2) is 0 Å². The summed E-state index contributed by atoms with van der Waals surface area (Å²) in [5.74, 6) is -1.19. The number of carboxylic acids is 1. The number of rotatable bonds is 5. The van der Waals surface area contributed by atoms with Gasteiger partial charge in [-0.3, -0.25) is 4.79 Å². The van der Waals surface area contributed by atoms with Crippen LogP contribution >= 0.6 is 0 Å². The average molecular weight is 230 g/mol. The van der Waals surface area contributed by atoms with Crippen LogP contribution in [0.15, 0.2) is 0 Å². The molecule has 0 aromatic heterocycles. The zero-order chi connectivity index (χ0) is 12.3. The number of carboxylic acid groups (broad SMARTS) is 1. The van der Waals surface area contributed by atoms with E-state index in [1.807, 2.05) is 13.8 Å². The van der Waals surface area contributed by atoms with Gasteiger partial charge in [0.05, 0.1) is 24.2 Å². The van der Waals surface area contributed by atoms with Gasteiger partial charge in [-0.2, -0.15) is 0 Å². The topological polar surface area (TPSA) is 66.8 Å². The molecular weight excluding hydrogens is 208 g/mol. The van der Waals surface area contributed by atoms with Crippen LogP contribution in [0.25, 0.3) is 0 Å². The summed E-state index contributed by atoms with van der Waals surface area (Å²) in [5, 5.41) is 18.6. The number of hydrogen-bond acceptors (Lipinski definition) is 3. The summed E-state index contributed by atoms with van der Waals surface area (Å²) in [6.45, 7) is 5.58. The van der Waals surface area contributed by atoms with E-state index in [1.165, 1.54) is 0 Å². The van der Waals surface area contributed by atoms with Crippen molar-refractivity contribution in [2.24, 2.45) is 11.8 Å². The molecule has 0 aromatic carbocycles. The van der Waals surface area contributed by atoms with Gasteiger partial charge in [0.15, 0.2) is 0 Å². The van der Waals surface area contributed by atoms with Gasteiger partial charge in [0.2, 0.25) is 0 Å². The Balaban J connectivity index is 2.49. The quantitative estimate of drug-likeness (QED) is 0.753. The summed E-state index contributed by atoms with van der Waals surface area (Å²) >= 11 is 0. The Morgan fingerprint density at radius 3 is 2.44 bits per heavy atom. The summed E-state index contributed by atoms with van der Waals surface area (Å²) < 4.78 is 5.73. The van der Waals surface area contributed by atoms with Gasteiger partial charge in [0.1, 0.15) is 0 Å². The third kappa shape index (κ3) is 2.95. The highest BCUT2D eigenvalue weighted by atomic mass is 16.5. The maximum Gasteiger partial charge on any atom is 0.308 e. The van der Waals surface area contributed by atoms with Gasteiger partial charge >= 0.3 is 5.97 Å². The Labute approximate surface area is 96.6 Å². The number of carbonyl (C=O) groups is 1. The molecule has 0 aliphatic carbocycles. The predicted octanol–water partition coefficient (Wildman–Crippen LogP) is 1.66. The molecule has 0 unspecified atom stereocenters. The molecule has 0 bridgehead atoms. The highest BCUT2D eigenvalue weighted by Crippen LogP contribution is 2.31. The molecule has 1 fully saturated rings. The fourth-order valence-electron chi connectivity index (χ4n) is 2.22. The van der Waals surface area contributed by atoms with Gasteiger partial charge < -0.3 is 14.9 Å². The van der Waals surface area contributed by atoms with Crippen LogP contribution < -0.4 is 0 Å². The molecule has 0 saturated carbocycles. The zero-order valence-electron chi connectivity index (χ0n) is 10.2. The van der Waals surface area contributed by atoms with E-state index in [9.17, 15) is 9.90 Å². The highest BCUT2D eigenvalue weighted by molar-refractivity contribution is 5.70. The van der Waals surface area contributed by atoms with Crippen molar-refractivity contribution in [1.82, 2.24) is 0 Å². The van der Waals surface area contributed by atoms with Crippen molar-refractivity contribution in [3.05, 3.63) is 0 Å². The number of ether oxygens (including phenoxy) is 1. The van der Waals surface area contributed by atoms with E-state index in [2.05, 4.69) is 0 Å². The fourth-order valence-corrected chi connectivity index (χ4v) is 2.22. The fraction of sp³-hybridized carbons (Fsp3) is 0.917. The lowest BCUT2D eigenvalue weighted by Gasteiger charge is -2.25. The number of aliphatic hydroxyl groups excluding tert-OH is 1. The molecule has 0 amide bonds. The van der Waals surface area contributed by atoms with Crippen molar-refractivity contribution < 1.29 is 19.7 Å². The second-order valence-corrected chi connectivity index (χ2v) is 4.75. The first kappa shape index (κ1) is 13.5. The van der Waals surface area contributed by atoms with Crippen LogP contribution in [0, 0.1) is 11.8 Å². The van der Waals surface area contributed by atoms with E-state index in [0.29, 0.717) is 6.42 Å². The van der Waals surface area contributed by atoms with Crippen molar-refractivity contribution in [3.63, 3.8) is 0 Å². The van der Waals surface area contributed by atoms with E-state index < -0.39 is 11.9 Å². The molecule has 1 rings (SSSR count). The molecule has 0 spiro atoms. The molecule has 16 heavy (non-hydrogen) atoms. The molecule has 1 saturated heterocycles. The minimum atomic E-state index is -0.811. The maximum absolute atomic E-state index is 10.8. The van der Waals surface area contributed by atoms with Crippen molar-refractivity contribution in [2.45, 2.75) is 58.3 Å². The normalized spacial score (nSPS) is 31.0. The molecule has 0 aromatic rings. The lowest BCUT2D eigenvalue weighted by Crippen LogP contribution is -2.31. The first-order chi connectivity index (χ1) is 7.47. The third-order valence-electron chi connectivity index (χ3n) is 3.64. The smallest absolute Gasteiger partial charge is 0.308 e. The summed E-state index contributed by atoms with van der Waals surface area (Å²) in [4.78, 5) is 10.8. The Kier molecular flexibility index (Phi) is 4.74. The van der Waals surface area contributed by atoms with E-state index in [0.717, 1.165) is 12.8 Å². The van der Waals surface area contributed by atoms with Crippen molar-refractivity contribution in [1.29, 1.82) is 0 Å². The first-order valence-electron chi connectivity index (χ1n) is 6.03. The summed E-state index contributed by atoms with van der Waals surface area (Å²) in [7, 11) is 0. The van der Waals surface area contributed by atoms with Crippen molar-refractivity contribution in [3.8, 4) is 0 Å². The molecule has 0 radical (unpaired) electrons. The van der Waals surface area contributed by atoms with Gasteiger partial charge in [-0.1, -0.05) is 13.8 Å². The highest BCUT2D eigenvalue weighted by Gasteiger charge is 2.36. The second kappa shape index (κ2) is 5.64. The van der Waals surface area contributed by atoms with Gasteiger partial charge in [-0.05, 0) is 26.2 Å². The van der Waals surface area contributed by atoms with Crippen LogP contribution in [0.5, 0.6) is 0 Å². The first-order valence-corrected chi connectivity index (χ1v) is 6.03. The molecule has 1 heterocycles. The Bertz CT molecular complexity index is 241. The third-order valence-corrected chi connectivity index (χ3v) is 3.64. The molecule has 5 atom stereocenters. The van der Waals surface area contributed by atoms with E-state index >= 15 is 0 Å². The van der Waals surface area contributed by atoms with Crippen LogP contribution in [0.1, 0.15) is 40.0 Å². The lowest BCUT2D eigenvalue weighted by atomic mass is 9.94. The van der Waals surface area contributed by atoms with Gasteiger partial charge in [-0.15, -0.1) is 0 Å². The van der Waals surface area contributed by atoms with Crippen LogP contribution in [-0.4, -0.2) is 34.5 Å². The van der Waals surface area contributed by atoms with E-state index in [1.54, 1.807) is 6.92 Å². The molecule has 94 valence electrons. The van der Waals surface area contributed by atoms with Crippen LogP contribution in [0.3, 0.4) is 0 Å². The molecular formula is C12H22O4. The minimum Gasteiger partial charge on any atom is -0.481 e. The van der Waals surface area contributed by atoms with Crippen LogP contribution in [0.4, 0.5) is 0 Å². The molecule has 1 aliphatic rings. The van der Waals surface area contributed by atoms with E-state index in [-0.39, 0.29) is 24.2 Å². The van der Waals surface area contributed by atoms with Crippen molar-refractivity contribution >= 4 is 5.97 Å². The maximum atomic E-state index is 10.8. The Morgan fingerprint density at radius 1 is 1.38 bits per heavy atom. The summed E-state index contributed by atoms with van der Waals surface area (Å²) in [6, 6.07) is 0. The minimum absolute atomic E-state index is 0.00162. The van der Waals surface area contributed by atoms with Gasteiger partial charge in [0, 0.05) is 5.92 Å². The molecule has 2 N–H and O–H groups in total. The SMILES string of the molecule is CC[C@@H](O)[C@@H](C)[C@@H]1CC[C@H]([C@@H](C)C(=O)O)O1. The van der Waals surface area contributed by atoms with Crippen LogP contribution in [-0.2, 0) is 9.53 Å². The van der Waals surface area contributed by atoms with Crippen molar-refractivity contribution in [2.75, 3.05) is 0 Å².